The topological polar surface area (TPSA) is 82.8 Å². The van der Waals surface area contributed by atoms with E-state index in [1.165, 1.54) is 14.2 Å². The minimum Gasteiger partial charge on any atom is -0.496 e. The highest BCUT2D eigenvalue weighted by atomic mass is 16.5. The highest BCUT2D eigenvalue weighted by Crippen LogP contribution is 2.34. The van der Waals surface area contributed by atoms with E-state index in [1.807, 2.05) is 0 Å². The maximum Gasteiger partial charge on any atom is 0.238 e. The number of hydrogen-bond donors (Lipinski definition) is 2. The predicted molar refractivity (Wildman–Crippen MR) is 62.1 cm³/mol. The molecule has 0 unspecified atom stereocenters. The summed E-state index contributed by atoms with van der Waals surface area (Å²) in [4.78, 5) is 11.3. The van der Waals surface area contributed by atoms with E-state index in [1.54, 1.807) is 19.2 Å². The minimum absolute atomic E-state index is 0.0762. The molecule has 0 aliphatic heterocycles. The Labute approximate surface area is 99.6 Å². The Morgan fingerprint density at radius 1 is 1.18 bits per heavy atom. The van der Waals surface area contributed by atoms with Crippen molar-refractivity contribution < 1.29 is 19.0 Å². The van der Waals surface area contributed by atoms with E-state index in [2.05, 4.69) is 5.43 Å². The van der Waals surface area contributed by atoms with Gasteiger partial charge in [0.1, 0.15) is 17.2 Å². The maximum atomic E-state index is 11.3. The molecule has 1 rings (SSSR count). The molecule has 0 atom stereocenters. The Morgan fingerprint density at radius 2 is 1.71 bits per heavy atom. The molecule has 0 fully saturated rings. The zero-order valence-corrected chi connectivity index (χ0v) is 10.1. The van der Waals surface area contributed by atoms with Crippen molar-refractivity contribution in [1.82, 2.24) is 5.43 Å². The molecule has 17 heavy (non-hydrogen) atoms. The third-order valence-corrected chi connectivity index (χ3v) is 2.32. The number of rotatable bonds is 5. The zero-order chi connectivity index (χ0) is 12.8. The second kappa shape index (κ2) is 5.95. The lowest BCUT2D eigenvalue weighted by atomic mass is 10.1. The van der Waals surface area contributed by atoms with Gasteiger partial charge in [-0.3, -0.25) is 10.2 Å². The SMILES string of the molecule is COc1cc(OC)c(CC(=O)NN)c(OC)c1. The van der Waals surface area contributed by atoms with E-state index in [0.717, 1.165) is 0 Å². The molecule has 3 N–H and O–H groups in total. The largest absolute Gasteiger partial charge is 0.496 e. The van der Waals surface area contributed by atoms with Crippen LogP contribution in [0.2, 0.25) is 0 Å². The molecule has 6 nitrogen and oxygen atoms in total. The summed E-state index contributed by atoms with van der Waals surface area (Å²) in [6.45, 7) is 0. The third-order valence-electron chi connectivity index (χ3n) is 2.32. The number of carbonyl (C=O) groups is 1. The van der Waals surface area contributed by atoms with Crippen LogP contribution in [-0.2, 0) is 11.2 Å². The maximum absolute atomic E-state index is 11.3. The molecular weight excluding hydrogens is 224 g/mol. The molecule has 94 valence electrons. The number of hydrazine groups is 1. The van der Waals surface area contributed by atoms with Gasteiger partial charge in [-0.2, -0.15) is 0 Å². The van der Waals surface area contributed by atoms with Crippen molar-refractivity contribution in [3.63, 3.8) is 0 Å². The molecule has 1 aromatic rings. The number of nitrogens with one attached hydrogen (secondary N) is 1. The van der Waals surface area contributed by atoms with E-state index < -0.39 is 0 Å². The van der Waals surface area contributed by atoms with Gasteiger partial charge in [0.05, 0.1) is 27.8 Å². The van der Waals surface area contributed by atoms with Crippen LogP contribution in [0, 0.1) is 0 Å². The fraction of sp³-hybridized carbons (Fsp3) is 0.364. The van der Waals surface area contributed by atoms with Crippen LogP contribution in [0.4, 0.5) is 0 Å². The second-order valence-electron chi connectivity index (χ2n) is 3.25. The van der Waals surface area contributed by atoms with Gasteiger partial charge in [-0.15, -0.1) is 0 Å². The Balaban J connectivity index is 3.19. The summed E-state index contributed by atoms with van der Waals surface area (Å²) >= 11 is 0. The number of amides is 1. The molecule has 0 heterocycles. The summed E-state index contributed by atoms with van der Waals surface area (Å²) in [6, 6.07) is 3.36. The average molecular weight is 240 g/mol. The third kappa shape index (κ3) is 3.01. The first-order chi connectivity index (χ1) is 8.15. The van der Waals surface area contributed by atoms with Gasteiger partial charge in [0.15, 0.2) is 0 Å². The van der Waals surface area contributed by atoms with Gasteiger partial charge in [0, 0.05) is 17.7 Å². The molecule has 1 aromatic carbocycles. The fourth-order valence-electron chi connectivity index (χ4n) is 1.46. The van der Waals surface area contributed by atoms with Gasteiger partial charge in [0.25, 0.3) is 0 Å². The molecular formula is C11H16N2O4. The lowest BCUT2D eigenvalue weighted by Crippen LogP contribution is -2.31. The van der Waals surface area contributed by atoms with Crippen molar-refractivity contribution in [3.05, 3.63) is 17.7 Å². The Kier molecular flexibility index (Phi) is 4.59. The van der Waals surface area contributed by atoms with Crippen molar-refractivity contribution in [2.24, 2.45) is 5.84 Å². The van der Waals surface area contributed by atoms with Crippen molar-refractivity contribution in [1.29, 1.82) is 0 Å². The monoisotopic (exact) mass is 240 g/mol. The van der Waals surface area contributed by atoms with Crippen molar-refractivity contribution in [3.8, 4) is 17.2 Å². The molecule has 6 heteroatoms. The first-order valence-electron chi connectivity index (χ1n) is 4.94. The smallest absolute Gasteiger partial charge is 0.238 e. The summed E-state index contributed by atoms with van der Waals surface area (Å²) in [5.41, 5.74) is 2.69. The summed E-state index contributed by atoms with van der Waals surface area (Å²) < 4.78 is 15.5. The number of methoxy groups -OCH3 is 3. The Bertz CT molecular complexity index is 381. The van der Waals surface area contributed by atoms with Crippen molar-refractivity contribution >= 4 is 5.91 Å². The minimum atomic E-state index is -0.327. The Morgan fingerprint density at radius 3 is 2.06 bits per heavy atom. The number of benzene rings is 1. The van der Waals surface area contributed by atoms with E-state index >= 15 is 0 Å². The lowest BCUT2D eigenvalue weighted by molar-refractivity contribution is -0.120. The molecule has 0 aliphatic carbocycles. The van der Waals surface area contributed by atoms with Gasteiger partial charge < -0.3 is 14.2 Å². The fourth-order valence-corrected chi connectivity index (χ4v) is 1.46. The summed E-state index contributed by atoms with van der Waals surface area (Å²) in [5, 5.41) is 0. The quantitative estimate of drug-likeness (QED) is 0.438. The molecule has 0 aliphatic rings. The number of hydrogen-bond acceptors (Lipinski definition) is 5. The van der Waals surface area contributed by atoms with E-state index in [4.69, 9.17) is 20.1 Å². The van der Waals surface area contributed by atoms with Crippen LogP contribution in [0.5, 0.6) is 17.2 Å². The summed E-state index contributed by atoms with van der Waals surface area (Å²) in [5.74, 6) is 6.36. The second-order valence-corrected chi connectivity index (χ2v) is 3.25. The van der Waals surface area contributed by atoms with E-state index in [-0.39, 0.29) is 12.3 Å². The Hall–Kier alpha value is -1.95. The normalized spacial score (nSPS) is 9.65. The highest BCUT2D eigenvalue weighted by molar-refractivity contribution is 5.80. The van der Waals surface area contributed by atoms with Crippen molar-refractivity contribution in [2.75, 3.05) is 21.3 Å². The average Bonchev–Trinajstić information content (AvgIpc) is 2.38. The first-order valence-corrected chi connectivity index (χ1v) is 4.94. The van der Waals surface area contributed by atoms with Crippen LogP contribution < -0.4 is 25.5 Å². The molecule has 0 saturated carbocycles. The summed E-state index contributed by atoms with van der Waals surface area (Å²) in [6.07, 6.45) is 0.0762. The van der Waals surface area contributed by atoms with E-state index in [0.29, 0.717) is 22.8 Å². The van der Waals surface area contributed by atoms with Crippen LogP contribution in [0.25, 0.3) is 0 Å². The molecule has 1 amide bonds. The first kappa shape index (κ1) is 13.1. The summed E-state index contributed by atoms with van der Waals surface area (Å²) in [7, 11) is 4.57. The van der Waals surface area contributed by atoms with Crippen molar-refractivity contribution in [2.45, 2.75) is 6.42 Å². The van der Waals surface area contributed by atoms with Crippen LogP contribution in [0.3, 0.4) is 0 Å². The number of carbonyl (C=O) groups excluding carboxylic acids is 1. The van der Waals surface area contributed by atoms with Gasteiger partial charge in [-0.25, -0.2) is 5.84 Å². The van der Waals surface area contributed by atoms with Crippen LogP contribution in [-0.4, -0.2) is 27.2 Å². The lowest BCUT2D eigenvalue weighted by Gasteiger charge is -2.14. The standard InChI is InChI=1S/C11H16N2O4/c1-15-7-4-9(16-2)8(6-11(14)13-12)10(5-7)17-3/h4-5H,6,12H2,1-3H3,(H,13,14). The van der Waals surface area contributed by atoms with Crippen LogP contribution >= 0.6 is 0 Å². The zero-order valence-electron chi connectivity index (χ0n) is 10.1. The van der Waals surface area contributed by atoms with Gasteiger partial charge in [-0.05, 0) is 0 Å². The van der Waals surface area contributed by atoms with Gasteiger partial charge >= 0.3 is 0 Å². The molecule has 0 aromatic heterocycles. The van der Waals surface area contributed by atoms with Gasteiger partial charge in [-0.1, -0.05) is 0 Å². The molecule has 0 radical (unpaired) electrons. The number of ether oxygens (including phenoxy) is 3. The molecule has 0 bridgehead atoms. The highest BCUT2D eigenvalue weighted by Gasteiger charge is 2.15. The number of nitrogens with two attached hydrogens (primary N) is 1. The van der Waals surface area contributed by atoms with Crippen LogP contribution in [0.15, 0.2) is 12.1 Å². The molecule has 0 saturated heterocycles. The van der Waals surface area contributed by atoms with Crippen LogP contribution in [0.1, 0.15) is 5.56 Å². The predicted octanol–water partition coefficient (Wildman–Crippen LogP) is 0.245. The molecule has 0 spiro atoms. The van der Waals surface area contributed by atoms with Gasteiger partial charge in [0.2, 0.25) is 5.91 Å². The van der Waals surface area contributed by atoms with E-state index in [9.17, 15) is 4.79 Å².